The zero-order valence-electron chi connectivity index (χ0n) is 10.5. The van der Waals surface area contributed by atoms with E-state index >= 15 is 0 Å². The second-order valence-electron chi connectivity index (χ2n) is 3.98. The maximum Gasteiger partial charge on any atom is 0.350 e. The lowest BCUT2D eigenvalue weighted by Gasteiger charge is -2.27. The topological polar surface area (TPSA) is 98.6 Å². The van der Waals surface area contributed by atoms with Crippen molar-refractivity contribution in [3.8, 4) is 0 Å². The number of esters is 1. The Hall–Kier alpha value is -1.41. The molecular formula is C11H15N3O3S2. The van der Waals surface area contributed by atoms with E-state index < -0.39 is 11.9 Å². The average Bonchev–Trinajstić information content (AvgIpc) is 2.76. The van der Waals surface area contributed by atoms with Crippen molar-refractivity contribution >= 4 is 45.7 Å². The molecule has 2 rings (SSSR count). The van der Waals surface area contributed by atoms with Gasteiger partial charge in [0.05, 0.1) is 18.4 Å². The molecule has 0 bridgehead atoms. The van der Waals surface area contributed by atoms with Gasteiger partial charge >= 0.3 is 5.97 Å². The predicted octanol–water partition coefficient (Wildman–Crippen LogP) is 0.769. The summed E-state index contributed by atoms with van der Waals surface area (Å²) in [5.41, 5.74) is 11.6. The quantitative estimate of drug-likeness (QED) is 0.800. The van der Waals surface area contributed by atoms with Gasteiger partial charge in [0.25, 0.3) is 5.91 Å². The SMILES string of the molecule is COC(=O)c1sc(N2CCSCC2)c(C(N)=O)c1N. The lowest BCUT2D eigenvalue weighted by Crippen LogP contribution is -2.33. The van der Waals surface area contributed by atoms with Gasteiger partial charge in [-0.05, 0) is 0 Å². The summed E-state index contributed by atoms with van der Waals surface area (Å²) in [5.74, 6) is 0.799. The number of anilines is 2. The van der Waals surface area contributed by atoms with E-state index in [-0.39, 0.29) is 16.1 Å². The van der Waals surface area contributed by atoms with Crippen molar-refractivity contribution in [1.29, 1.82) is 0 Å². The van der Waals surface area contributed by atoms with Crippen molar-refractivity contribution < 1.29 is 14.3 Å². The number of nitrogens with zero attached hydrogens (tertiary/aromatic N) is 1. The van der Waals surface area contributed by atoms with Crippen LogP contribution in [0.1, 0.15) is 20.0 Å². The highest BCUT2D eigenvalue weighted by atomic mass is 32.2. The Kier molecular flexibility index (Phi) is 4.20. The minimum absolute atomic E-state index is 0.123. The zero-order chi connectivity index (χ0) is 14.0. The molecule has 1 aliphatic rings. The molecule has 0 unspecified atom stereocenters. The maximum atomic E-state index is 11.6. The molecule has 0 atom stereocenters. The second kappa shape index (κ2) is 5.70. The Morgan fingerprint density at radius 3 is 2.47 bits per heavy atom. The smallest absolute Gasteiger partial charge is 0.350 e. The largest absolute Gasteiger partial charge is 0.465 e. The molecule has 0 spiro atoms. The van der Waals surface area contributed by atoms with Gasteiger partial charge in [-0.25, -0.2) is 4.79 Å². The first-order valence-corrected chi connectivity index (χ1v) is 7.66. The van der Waals surface area contributed by atoms with Crippen LogP contribution >= 0.6 is 23.1 Å². The molecule has 0 aliphatic carbocycles. The van der Waals surface area contributed by atoms with E-state index in [1.54, 1.807) is 0 Å². The number of amides is 1. The lowest BCUT2D eigenvalue weighted by molar-refractivity contribution is 0.0607. The van der Waals surface area contributed by atoms with Crippen LogP contribution in [0.25, 0.3) is 0 Å². The van der Waals surface area contributed by atoms with Gasteiger partial charge < -0.3 is 21.1 Å². The molecular weight excluding hydrogens is 286 g/mol. The fraction of sp³-hybridized carbons (Fsp3) is 0.455. The van der Waals surface area contributed by atoms with E-state index in [9.17, 15) is 9.59 Å². The van der Waals surface area contributed by atoms with Gasteiger partial charge in [0.1, 0.15) is 9.88 Å². The molecule has 1 aromatic rings. The molecule has 104 valence electrons. The first-order valence-electron chi connectivity index (χ1n) is 5.69. The number of hydrogen-bond acceptors (Lipinski definition) is 7. The highest BCUT2D eigenvalue weighted by Crippen LogP contribution is 2.39. The molecule has 2 heterocycles. The molecule has 0 saturated carbocycles. The molecule has 6 nitrogen and oxygen atoms in total. The predicted molar refractivity (Wildman–Crippen MR) is 78.1 cm³/mol. The van der Waals surface area contributed by atoms with Crippen LogP contribution in [0.4, 0.5) is 10.7 Å². The summed E-state index contributed by atoms with van der Waals surface area (Å²) >= 11 is 3.02. The molecule has 1 amide bonds. The number of nitrogens with two attached hydrogens (primary N) is 2. The van der Waals surface area contributed by atoms with Crippen LogP contribution in [-0.4, -0.2) is 43.6 Å². The number of thioether (sulfide) groups is 1. The number of thiophene rings is 1. The van der Waals surface area contributed by atoms with E-state index in [1.807, 2.05) is 16.7 Å². The first kappa shape index (κ1) is 14.0. The minimum atomic E-state index is -0.614. The fourth-order valence-corrected chi connectivity index (χ4v) is 4.00. The zero-order valence-corrected chi connectivity index (χ0v) is 12.1. The van der Waals surface area contributed by atoms with Gasteiger partial charge in [0.15, 0.2) is 0 Å². The third-order valence-corrected chi connectivity index (χ3v) is 5.03. The molecule has 0 aromatic carbocycles. The number of primary amides is 1. The summed E-state index contributed by atoms with van der Waals surface area (Å²) in [6.45, 7) is 1.62. The van der Waals surface area contributed by atoms with Gasteiger partial charge in [-0.2, -0.15) is 11.8 Å². The van der Waals surface area contributed by atoms with Gasteiger partial charge in [0, 0.05) is 24.6 Å². The summed E-state index contributed by atoms with van der Waals surface area (Å²) < 4.78 is 4.67. The van der Waals surface area contributed by atoms with Crippen molar-refractivity contribution in [3.63, 3.8) is 0 Å². The van der Waals surface area contributed by atoms with Gasteiger partial charge in [0.2, 0.25) is 0 Å². The summed E-state index contributed by atoms with van der Waals surface area (Å²) in [5, 5.41) is 0.672. The molecule has 8 heteroatoms. The maximum absolute atomic E-state index is 11.6. The first-order chi connectivity index (χ1) is 9.06. The molecule has 1 aliphatic heterocycles. The fourth-order valence-electron chi connectivity index (χ4n) is 1.90. The monoisotopic (exact) mass is 301 g/mol. The van der Waals surface area contributed by atoms with Gasteiger partial charge in [-0.15, -0.1) is 11.3 Å². The number of hydrogen-bond donors (Lipinski definition) is 2. The Morgan fingerprint density at radius 1 is 1.32 bits per heavy atom. The summed E-state index contributed by atoms with van der Waals surface area (Å²) in [6.07, 6.45) is 0. The number of rotatable bonds is 3. The molecule has 0 radical (unpaired) electrons. The van der Waals surface area contributed by atoms with Crippen molar-refractivity contribution in [2.45, 2.75) is 0 Å². The Bertz CT molecular complexity index is 510. The minimum Gasteiger partial charge on any atom is -0.465 e. The summed E-state index contributed by atoms with van der Waals surface area (Å²) in [6, 6.07) is 0. The summed E-state index contributed by atoms with van der Waals surface area (Å²) in [7, 11) is 1.28. The third-order valence-electron chi connectivity index (χ3n) is 2.84. The summed E-state index contributed by atoms with van der Waals surface area (Å²) in [4.78, 5) is 25.5. The number of nitrogen functional groups attached to an aromatic ring is 1. The third kappa shape index (κ3) is 2.64. The number of carbonyl (C=O) groups excluding carboxylic acids is 2. The van der Waals surface area contributed by atoms with Gasteiger partial charge in [-0.1, -0.05) is 0 Å². The standard InChI is InChI=1S/C11H15N3O3S2/c1-17-11(16)8-7(12)6(9(13)15)10(19-8)14-2-4-18-5-3-14/h2-5,12H2,1H3,(H2,13,15). The Labute approximate surface area is 119 Å². The Balaban J connectivity index is 2.46. The molecule has 1 fully saturated rings. The molecule has 19 heavy (non-hydrogen) atoms. The molecule has 4 N–H and O–H groups in total. The van der Waals surface area contributed by atoms with Crippen LogP contribution in [0.2, 0.25) is 0 Å². The van der Waals surface area contributed by atoms with Crippen LogP contribution in [0.3, 0.4) is 0 Å². The van der Waals surface area contributed by atoms with E-state index in [0.717, 1.165) is 24.6 Å². The van der Waals surface area contributed by atoms with Crippen molar-refractivity contribution in [2.75, 3.05) is 42.3 Å². The number of carbonyl (C=O) groups is 2. The van der Waals surface area contributed by atoms with E-state index in [0.29, 0.717) is 5.00 Å². The van der Waals surface area contributed by atoms with Crippen molar-refractivity contribution in [2.24, 2.45) is 5.73 Å². The number of methoxy groups -OCH3 is 1. The highest BCUT2D eigenvalue weighted by Gasteiger charge is 2.28. The number of ether oxygens (including phenoxy) is 1. The van der Waals surface area contributed by atoms with Crippen LogP contribution in [0.15, 0.2) is 0 Å². The van der Waals surface area contributed by atoms with E-state index in [1.165, 1.54) is 18.4 Å². The van der Waals surface area contributed by atoms with Crippen LogP contribution in [-0.2, 0) is 4.74 Å². The second-order valence-corrected chi connectivity index (χ2v) is 6.20. The van der Waals surface area contributed by atoms with Crippen LogP contribution in [0, 0.1) is 0 Å². The highest BCUT2D eigenvalue weighted by molar-refractivity contribution is 7.99. The normalized spacial score (nSPS) is 15.3. The van der Waals surface area contributed by atoms with Crippen molar-refractivity contribution in [3.05, 3.63) is 10.4 Å². The average molecular weight is 301 g/mol. The van der Waals surface area contributed by atoms with E-state index in [2.05, 4.69) is 4.74 Å². The van der Waals surface area contributed by atoms with Crippen LogP contribution < -0.4 is 16.4 Å². The van der Waals surface area contributed by atoms with Crippen molar-refractivity contribution in [1.82, 2.24) is 0 Å². The molecule has 1 saturated heterocycles. The van der Waals surface area contributed by atoms with Gasteiger partial charge in [-0.3, -0.25) is 4.79 Å². The van der Waals surface area contributed by atoms with E-state index in [4.69, 9.17) is 11.5 Å². The molecule has 1 aromatic heterocycles. The van der Waals surface area contributed by atoms with Crippen LogP contribution in [0.5, 0.6) is 0 Å². The lowest BCUT2D eigenvalue weighted by atomic mass is 10.2. The Morgan fingerprint density at radius 2 is 1.95 bits per heavy atom.